The van der Waals surface area contributed by atoms with Gasteiger partial charge in [0.05, 0.1) is 0 Å². The monoisotopic (exact) mass is 198 g/mol. The van der Waals surface area contributed by atoms with Crippen molar-refractivity contribution in [2.45, 2.75) is 6.42 Å². The Hall–Kier alpha value is -1.70. The van der Waals surface area contributed by atoms with E-state index in [-0.39, 0.29) is 0 Å². The highest BCUT2D eigenvalue weighted by molar-refractivity contribution is 5.80. The number of nitrogens with zero attached hydrogens (tertiary/aromatic N) is 1. The van der Waals surface area contributed by atoms with Crippen molar-refractivity contribution >= 4 is 5.69 Å². The van der Waals surface area contributed by atoms with E-state index in [1.54, 1.807) is 0 Å². The molecule has 0 atom stereocenters. The number of hydrogen-bond donors (Lipinski definition) is 1. The summed E-state index contributed by atoms with van der Waals surface area (Å²) in [5.41, 5.74) is 5.38. The third kappa shape index (κ3) is 1.25. The van der Waals surface area contributed by atoms with Gasteiger partial charge < -0.3 is 9.88 Å². The summed E-state index contributed by atoms with van der Waals surface area (Å²) >= 11 is 0. The molecule has 0 radical (unpaired) electrons. The number of H-pyrrole nitrogens is 1. The van der Waals surface area contributed by atoms with Crippen LogP contribution in [0, 0.1) is 0 Å². The number of para-hydroxylation sites is 1. The molecule has 0 saturated heterocycles. The van der Waals surface area contributed by atoms with Crippen LogP contribution in [0.2, 0.25) is 0 Å². The average Bonchev–Trinajstić information content (AvgIpc) is 2.88. The minimum atomic E-state index is 1.13. The molecular formula is C13H14N2. The molecule has 0 spiro atoms. The number of aromatic amines is 1. The zero-order valence-corrected chi connectivity index (χ0v) is 8.83. The minimum absolute atomic E-state index is 1.13. The number of fused-ring (bicyclic) bond motifs is 1. The van der Waals surface area contributed by atoms with Gasteiger partial charge >= 0.3 is 0 Å². The molecule has 1 aromatic heterocycles. The van der Waals surface area contributed by atoms with E-state index in [1.807, 2.05) is 12.3 Å². The van der Waals surface area contributed by atoms with Gasteiger partial charge in [0.2, 0.25) is 0 Å². The first-order valence-electron chi connectivity index (χ1n) is 5.33. The lowest BCUT2D eigenvalue weighted by atomic mass is 10.1. The summed E-state index contributed by atoms with van der Waals surface area (Å²) in [5.74, 6) is 0. The normalized spacial score (nSPS) is 14.3. The van der Waals surface area contributed by atoms with Crippen LogP contribution in [0.1, 0.15) is 5.56 Å². The number of aromatic nitrogens is 1. The highest BCUT2D eigenvalue weighted by Crippen LogP contribution is 2.36. The predicted molar refractivity (Wildman–Crippen MR) is 63.2 cm³/mol. The molecule has 0 fully saturated rings. The van der Waals surface area contributed by atoms with Gasteiger partial charge in [-0.1, -0.05) is 18.2 Å². The quantitative estimate of drug-likeness (QED) is 0.746. The van der Waals surface area contributed by atoms with Crippen molar-refractivity contribution in [3.8, 4) is 11.3 Å². The van der Waals surface area contributed by atoms with E-state index in [2.05, 4.69) is 41.2 Å². The second kappa shape index (κ2) is 3.16. The van der Waals surface area contributed by atoms with Gasteiger partial charge in [-0.05, 0) is 24.1 Å². The maximum atomic E-state index is 3.28. The van der Waals surface area contributed by atoms with Gasteiger partial charge in [0.15, 0.2) is 0 Å². The van der Waals surface area contributed by atoms with Gasteiger partial charge in [0.25, 0.3) is 0 Å². The molecule has 0 bridgehead atoms. The summed E-state index contributed by atoms with van der Waals surface area (Å²) in [6, 6.07) is 10.7. The van der Waals surface area contributed by atoms with Crippen LogP contribution >= 0.6 is 0 Å². The summed E-state index contributed by atoms with van der Waals surface area (Å²) in [6.07, 6.45) is 3.14. The molecule has 2 nitrogen and oxygen atoms in total. The Morgan fingerprint density at radius 1 is 1.20 bits per heavy atom. The molecular weight excluding hydrogens is 184 g/mol. The maximum Gasteiger partial charge on any atom is 0.0491 e. The van der Waals surface area contributed by atoms with Crippen LogP contribution in [-0.4, -0.2) is 18.6 Å². The number of nitrogens with one attached hydrogen (secondary N) is 1. The molecule has 76 valence electrons. The smallest absolute Gasteiger partial charge is 0.0491 e. The van der Waals surface area contributed by atoms with Crippen LogP contribution in [0.15, 0.2) is 36.5 Å². The fourth-order valence-corrected chi connectivity index (χ4v) is 2.36. The number of benzene rings is 1. The summed E-state index contributed by atoms with van der Waals surface area (Å²) in [7, 11) is 2.16. The highest BCUT2D eigenvalue weighted by Gasteiger charge is 2.19. The maximum absolute atomic E-state index is 3.28. The first-order chi connectivity index (χ1) is 7.36. The first-order valence-corrected chi connectivity index (χ1v) is 5.33. The van der Waals surface area contributed by atoms with E-state index in [0.717, 1.165) is 6.54 Å². The molecule has 1 N–H and O–H groups in total. The first kappa shape index (κ1) is 8.60. The second-order valence-electron chi connectivity index (χ2n) is 4.07. The summed E-state index contributed by atoms with van der Waals surface area (Å²) in [6.45, 7) is 1.13. The molecule has 2 heteroatoms. The molecule has 0 unspecified atom stereocenters. The lowest BCUT2D eigenvalue weighted by Gasteiger charge is -2.16. The van der Waals surface area contributed by atoms with Crippen molar-refractivity contribution in [1.82, 2.24) is 4.98 Å². The van der Waals surface area contributed by atoms with E-state index in [0.29, 0.717) is 0 Å². The fourth-order valence-electron chi connectivity index (χ4n) is 2.36. The molecule has 1 aliphatic heterocycles. The molecule has 2 aromatic rings. The lowest BCUT2D eigenvalue weighted by Crippen LogP contribution is -2.13. The summed E-state index contributed by atoms with van der Waals surface area (Å²) in [4.78, 5) is 5.62. The van der Waals surface area contributed by atoms with Crippen molar-refractivity contribution in [2.24, 2.45) is 0 Å². The zero-order valence-electron chi connectivity index (χ0n) is 8.83. The Balaban J connectivity index is 2.21. The van der Waals surface area contributed by atoms with E-state index in [1.165, 1.54) is 28.9 Å². The SMILES string of the molecule is CN1CCc2cccc(-c3ccc[nH]3)c21. The third-order valence-corrected chi connectivity index (χ3v) is 3.11. The van der Waals surface area contributed by atoms with Crippen LogP contribution in [0.3, 0.4) is 0 Å². The second-order valence-corrected chi connectivity index (χ2v) is 4.07. The van der Waals surface area contributed by atoms with Gasteiger partial charge in [-0.2, -0.15) is 0 Å². The Morgan fingerprint density at radius 3 is 2.93 bits per heavy atom. The number of rotatable bonds is 1. The van der Waals surface area contributed by atoms with Gasteiger partial charge in [-0.3, -0.25) is 0 Å². The van der Waals surface area contributed by atoms with Gasteiger partial charge in [0, 0.05) is 36.7 Å². The zero-order chi connectivity index (χ0) is 10.3. The topological polar surface area (TPSA) is 19.0 Å². The van der Waals surface area contributed by atoms with Crippen molar-refractivity contribution in [3.05, 3.63) is 42.1 Å². The summed E-state index contributed by atoms with van der Waals surface area (Å²) in [5, 5.41) is 0. The van der Waals surface area contributed by atoms with E-state index >= 15 is 0 Å². The van der Waals surface area contributed by atoms with Gasteiger partial charge in [-0.25, -0.2) is 0 Å². The molecule has 15 heavy (non-hydrogen) atoms. The van der Waals surface area contributed by atoms with Crippen LogP contribution in [0.4, 0.5) is 5.69 Å². The van der Waals surface area contributed by atoms with Crippen molar-refractivity contribution in [1.29, 1.82) is 0 Å². The van der Waals surface area contributed by atoms with Crippen molar-refractivity contribution in [3.63, 3.8) is 0 Å². The molecule has 0 saturated carbocycles. The van der Waals surface area contributed by atoms with Crippen LogP contribution in [0.25, 0.3) is 11.3 Å². The largest absolute Gasteiger partial charge is 0.373 e. The van der Waals surface area contributed by atoms with E-state index in [9.17, 15) is 0 Å². The Kier molecular flexibility index (Phi) is 1.81. The Morgan fingerprint density at radius 2 is 2.13 bits per heavy atom. The summed E-state index contributed by atoms with van der Waals surface area (Å²) < 4.78 is 0. The van der Waals surface area contributed by atoms with Gasteiger partial charge in [0.1, 0.15) is 0 Å². The number of hydrogen-bond acceptors (Lipinski definition) is 1. The lowest BCUT2D eigenvalue weighted by molar-refractivity contribution is 0.956. The van der Waals surface area contributed by atoms with Crippen LogP contribution < -0.4 is 4.90 Å². The average molecular weight is 198 g/mol. The van der Waals surface area contributed by atoms with E-state index in [4.69, 9.17) is 0 Å². The molecule has 3 rings (SSSR count). The molecule has 0 aliphatic carbocycles. The van der Waals surface area contributed by atoms with Crippen LogP contribution in [0.5, 0.6) is 0 Å². The molecule has 1 aromatic carbocycles. The van der Waals surface area contributed by atoms with Crippen molar-refractivity contribution in [2.75, 3.05) is 18.5 Å². The van der Waals surface area contributed by atoms with Gasteiger partial charge in [-0.15, -0.1) is 0 Å². The van der Waals surface area contributed by atoms with Crippen molar-refractivity contribution < 1.29 is 0 Å². The fraction of sp³-hybridized carbons (Fsp3) is 0.231. The Labute approximate surface area is 89.5 Å². The van der Waals surface area contributed by atoms with E-state index < -0.39 is 0 Å². The number of likely N-dealkylation sites (N-methyl/N-ethyl adjacent to an activating group) is 1. The minimum Gasteiger partial charge on any atom is -0.373 e. The highest BCUT2D eigenvalue weighted by atomic mass is 15.1. The molecule has 0 amide bonds. The van der Waals surface area contributed by atoms with Crippen LogP contribution in [-0.2, 0) is 6.42 Å². The standard InChI is InChI=1S/C13H14N2/c1-15-9-7-10-4-2-5-11(13(10)15)12-6-3-8-14-12/h2-6,8,14H,7,9H2,1H3. The third-order valence-electron chi connectivity index (χ3n) is 3.11. The Bertz CT molecular complexity index is 471. The molecule has 1 aliphatic rings. The molecule has 2 heterocycles. The predicted octanol–water partition coefficient (Wildman–Crippen LogP) is 2.67. The number of anilines is 1.